The van der Waals surface area contributed by atoms with E-state index in [-0.39, 0.29) is 17.9 Å². The lowest BCUT2D eigenvalue weighted by molar-refractivity contribution is -0.108. The first kappa shape index (κ1) is 11.2. The molecule has 0 radical (unpaired) electrons. The van der Waals surface area contributed by atoms with Crippen LogP contribution in [-0.4, -0.2) is 15.8 Å². The SMILES string of the molecule is O=CCn1c(-c2ccc(F)cc2)nccc1=O. The monoisotopic (exact) mass is 232 g/mol. The van der Waals surface area contributed by atoms with Gasteiger partial charge in [0.15, 0.2) is 0 Å². The summed E-state index contributed by atoms with van der Waals surface area (Å²) in [6.45, 7) is -0.0701. The van der Waals surface area contributed by atoms with Gasteiger partial charge >= 0.3 is 0 Å². The van der Waals surface area contributed by atoms with E-state index < -0.39 is 0 Å². The molecular formula is C12H9FN2O2. The second-order valence-electron chi connectivity index (χ2n) is 3.39. The highest BCUT2D eigenvalue weighted by molar-refractivity contribution is 5.57. The van der Waals surface area contributed by atoms with Crippen molar-refractivity contribution in [2.24, 2.45) is 0 Å². The molecule has 4 nitrogen and oxygen atoms in total. The van der Waals surface area contributed by atoms with Gasteiger partial charge in [0.25, 0.3) is 5.56 Å². The largest absolute Gasteiger partial charge is 0.301 e. The molecule has 0 saturated heterocycles. The lowest BCUT2D eigenvalue weighted by Crippen LogP contribution is -2.22. The summed E-state index contributed by atoms with van der Waals surface area (Å²) < 4.78 is 14.0. The number of carbonyl (C=O) groups is 1. The van der Waals surface area contributed by atoms with E-state index in [9.17, 15) is 14.0 Å². The Labute approximate surface area is 96.4 Å². The number of carbonyl (C=O) groups excluding carboxylic acids is 1. The van der Waals surface area contributed by atoms with E-state index in [1.165, 1.54) is 41.1 Å². The fraction of sp³-hybridized carbons (Fsp3) is 0.0833. The quantitative estimate of drug-likeness (QED) is 0.748. The van der Waals surface area contributed by atoms with Crippen molar-refractivity contribution in [3.8, 4) is 11.4 Å². The van der Waals surface area contributed by atoms with E-state index in [0.29, 0.717) is 17.7 Å². The van der Waals surface area contributed by atoms with Gasteiger partial charge in [-0.1, -0.05) is 0 Å². The number of aldehydes is 1. The highest BCUT2D eigenvalue weighted by Crippen LogP contribution is 2.15. The Morgan fingerprint density at radius 3 is 2.59 bits per heavy atom. The Morgan fingerprint density at radius 1 is 1.24 bits per heavy atom. The number of rotatable bonds is 3. The highest BCUT2D eigenvalue weighted by Gasteiger charge is 2.07. The second-order valence-corrected chi connectivity index (χ2v) is 3.39. The summed E-state index contributed by atoms with van der Waals surface area (Å²) in [6.07, 6.45) is 1.98. The van der Waals surface area contributed by atoms with Crippen molar-refractivity contribution in [3.63, 3.8) is 0 Å². The van der Waals surface area contributed by atoms with E-state index in [4.69, 9.17) is 0 Å². The third-order valence-electron chi connectivity index (χ3n) is 2.30. The molecule has 0 atom stereocenters. The Balaban J connectivity index is 2.58. The first-order valence-corrected chi connectivity index (χ1v) is 4.98. The van der Waals surface area contributed by atoms with Crippen molar-refractivity contribution >= 4 is 6.29 Å². The molecule has 0 fully saturated rings. The molecule has 2 rings (SSSR count). The van der Waals surface area contributed by atoms with Crippen molar-refractivity contribution in [3.05, 3.63) is 52.7 Å². The maximum atomic E-state index is 12.8. The molecule has 0 bridgehead atoms. The van der Waals surface area contributed by atoms with Gasteiger partial charge in [-0.2, -0.15) is 0 Å². The zero-order valence-electron chi connectivity index (χ0n) is 8.84. The van der Waals surface area contributed by atoms with E-state index in [2.05, 4.69) is 4.98 Å². The fourth-order valence-electron chi connectivity index (χ4n) is 1.52. The molecule has 5 heteroatoms. The molecule has 0 aliphatic rings. The molecule has 0 N–H and O–H groups in total. The van der Waals surface area contributed by atoms with Gasteiger partial charge in [-0.25, -0.2) is 9.37 Å². The summed E-state index contributed by atoms with van der Waals surface area (Å²) in [5.74, 6) is -0.0152. The van der Waals surface area contributed by atoms with Gasteiger partial charge in [0.05, 0.1) is 6.54 Å². The number of benzene rings is 1. The van der Waals surface area contributed by atoms with Crippen LogP contribution in [0.4, 0.5) is 4.39 Å². The van der Waals surface area contributed by atoms with Crippen LogP contribution in [0.2, 0.25) is 0 Å². The molecular weight excluding hydrogens is 223 g/mol. The molecule has 17 heavy (non-hydrogen) atoms. The Hall–Kier alpha value is -2.30. The predicted molar refractivity (Wildman–Crippen MR) is 60.0 cm³/mol. The minimum absolute atomic E-state index is 0.0701. The minimum atomic E-state index is -0.367. The van der Waals surface area contributed by atoms with Crippen molar-refractivity contribution in [1.82, 2.24) is 9.55 Å². The number of aromatic nitrogens is 2. The maximum Gasteiger partial charge on any atom is 0.254 e. The fourth-order valence-corrected chi connectivity index (χ4v) is 1.52. The van der Waals surface area contributed by atoms with Crippen LogP contribution < -0.4 is 5.56 Å². The summed E-state index contributed by atoms with van der Waals surface area (Å²) in [6, 6.07) is 6.85. The Bertz CT molecular complexity index is 590. The van der Waals surface area contributed by atoms with E-state index in [1.54, 1.807) is 0 Å². The summed E-state index contributed by atoms with van der Waals surface area (Å²) in [4.78, 5) is 26.1. The normalized spacial score (nSPS) is 10.2. The zero-order chi connectivity index (χ0) is 12.3. The molecule has 0 aliphatic heterocycles. The van der Waals surface area contributed by atoms with Crippen LogP contribution in [0.5, 0.6) is 0 Å². The molecule has 0 amide bonds. The summed E-state index contributed by atoms with van der Waals surface area (Å²) in [7, 11) is 0. The van der Waals surface area contributed by atoms with E-state index >= 15 is 0 Å². The van der Waals surface area contributed by atoms with Gasteiger partial charge in [0.1, 0.15) is 17.9 Å². The summed E-state index contributed by atoms with van der Waals surface area (Å²) in [5, 5.41) is 0. The van der Waals surface area contributed by atoms with Gasteiger partial charge in [-0.05, 0) is 24.3 Å². The molecule has 1 aromatic carbocycles. The van der Waals surface area contributed by atoms with Gasteiger partial charge in [0.2, 0.25) is 0 Å². The topological polar surface area (TPSA) is 52.0 Å². The average molecular weight is 232 g/mol. The molecule has 2 aromatic rings. The van der Waals surface area contributed by atoms with Crippen molar-refractivity contribution < 1.29 is 9.18 Å². The standard InChI is InChI=1S/C12H9FN2O2/c13-10-3-1-9(2-4-10)12-14-6-5-11(17)15(12)7-8-16/h1-6,8H,7H2. The van der Waals surface area contributed by atoms with Crippen molar-refractivity contribution in [2.75, 3.05) is 0 Å². The Morgan fingerprint density at radius 2 is 1.94 bits per heavy atom. The smallest absolute Gasteiger partial charge is 0.254 e. The summed E-state index contributed by atoms with van der Waals surface area (Å²) >= 11 is 0. The highest BCUT2D eigenvalue weighted by atomic mass is 19.1. The minimum Gasteiger partial charge on any atom is -0.301 e. The molecule has 0 aliphatic carbocycles. The van der Waals surface area contributed by atoms with Gasteiger partial charge in [-0.3, -0.25) is 9.36 Å². The maximum absolute atomic E-state index is 12.8. The average Bonchev–Trinajstić information content (AvgIpc) is 2.33. The molecule has 1 heterocycles. The number of halogens is 1. The van der Waals surface area contributed by atoms with Crippen LogP contribution >= 0.6 is 0 Å². The second kappa shape index (κ2) is 4.69. The van der Waals surface area contributed by atoms with Crippen LogP contribution in [0.25, 0.3) is 11.4 Å². The van der Waals surface area contributed by atoms with Crippen LogP contribution in [0.3, 0.4) is 0 Å². The first-order valence-electron chi connectivity index (χ1n) is 4.98. The molecule has 0 saturated carbocycles. The first-order chi connectivity index (χ1) is 8.22. The van der Waals surface area contributed by atoms with Crippen LogP contribution in [0.15, 0.2) is 41.3 Å². The molecule has 0 unspecified atom stereocenters. The van der Waals surface area contributed by atoms with E-state index in [1.807, 2.05) is 0 Å². The van der Waals surface area contributed by atoms with E-state index in [0.717, 1.165) is 0 Å². The molecule has 0 spiro atoms. The molecule has 1 aromatic heterocycles. The van der Waals surface area contributed by atoms with Crippen LogP contribution in [0.1, 0.15) is 0 Å². The van der Waals surface area contributed by atoms with Gasteiger partial charge in [0, 0.05) is 17.8 Å². The number of hydrogen-bond acceptors (Lipinski definition) is 3. The van der Waals surface area contributed by atoms with Gasteiger partial charge < -0.3 is 4.79 Å². The van der Waals surface area contributed by atoms with Crippen molar-refractivity contribution in [1.29, 1.82) is 0 Å². The lowest BCUT2D eigenvalue weighted by atomic mass is 10.2. The van der Waals surface area contributed by atoms with Crippen molar-refractivity contribution in [2.45, 2.75) is 6.54 Å². The third kappa shape index (κ3) is 2.28. The zero-order valence-corrected chi connectivity index (χ0v) is 8.84. The third-order valence-corrected chi connectivity index (χ3v) is 2.30. The predicted octanol–water partition coefficient (Wildman–Crippen LogP) is 1.25. The molecule has 86 valence electrons. The number of nitrogens with zero attached hydrogens (tertiary/aromatic N) is 2. The van der Waals surface area contributed by atoms with Crippen LogP contribution in [0, 0.1) is 5.82 Å². The summed E-state index contributed by atoms with van der Waals surface area (Å²) in [5.41, 5.74) is 0.275. The number of hydrogen-bond donors (Lipinski definition) is 0. The van der Waals surface area contributed by atoms with Crippen LogP contribution in [-0.2, 0) is 11.3 Å². The Kier molecular flexibility index (Phi) is 3.09. The lowest BCUT2D eigenvalue weighted by Gasteiger charge is -2.08. The van der Waals surface area contributed by atoms with Gasteiger partial charge in [-0.15, -0.1) is 0 Å².